The van der Waals surface area contributed by atoms with Crippen LogP contribution in [0.5, 0.6) is 0 Å². The smallest absolute Gasteiger partial charge is 0.145 e. The Labute approximate surface area is 126 Å². The van der Waals surface area contributed by atoms with E-state index in [9.17, 15) is 0 Å². The maximum absolute atomic E-state index is 5.36. The van der Waals surface area contributed by atoms with Gasteiger partial charge in [0, 0.05) is 38.4 Å². The van der Waals surface area contributed by atoms with Crippen molar-refractivity contribution in [3.63, 3.8) is 0 Å². The molecule has 4 heteroatoms. The van der Waals surface area contributed by atoms with Crippen molar-refractivity contribution < 1.29 is 37.4 Å². The van der Waals surface area contributed by atoms with E-state index in [4.69, 9.17) is 6.72 Å². The molecule has 1 aromatic heterocycles. The molecule has 0 aliphatic carbocycles. The van der Waals surface area contributed by atoms with E-state index in [1.165, 1.54) is 0 Å². The zero-order valence-electron chi connectivity index (χ0n) is 9.88. The van der Waals surface area contributed by atoms with Gasteiger partial charge in [-0.2, -0.15) is 17.1 Å². The first-order chi connectivity index (χ1) is 7.74. The van der Waals surface area contributed by atoms with Gasteiger partial charge >= 0.3 is 0 Å². The van der Waals surface area contributed by atoms with E-state index in [1.54, 1.807) is 10.9 Å². The Morgan fingerprint density at radius 1 is 1.35 bits per heavy atom. The third-order valence-electron chi connectivity index (χ3n) is 2.51. The number of hydrogen-bond donors (Lipinski definition) is 0. The van der Waals surface area contributed by atoms with Gasteiger partial charge in [0.15, 0.2) is 0 Å². The molecule has 0 amide bonds. The van der Waals surface area contributed by atoms with Crippen molar-refractivity contribution in [1.29, 1.82) is 0 Å². The van der Waals surface area contributed by atoms with Gasteiger partial charge in [-0.3, -0.25) is 6.07 Å². The van der Waals surface area contributed by atoms with E-state index >= 15 is 0 Å². The Kier molecular flexibility index (Phi) is 5.10. The van der Waals surface area contributed by atoms with Crippen molar-refractivity contribution in [3.05, 3.63) is 42.1 Å². The number of aryl methyl sites for hydroxylation is 2. The molecule has 1 aromatic carbocycles. The Morgan fingerprint density at radius 2 is 2.06 bits per heavy atom. The number of nitrogens with zero attached hydrogens (tertiary/aromatic N) is 3. The summed E-state index contributed by atoms with van der Waals surface area (Å²) in [4.78, 5) is 3.73. The summed E-state index contributed by atoms with van der Waals surface area (Å²) in [7, 11) is 1.87. The Bertz CT molecular complexity index is 538. The van der Waals surface area contributed by atoms with Gasteiger partial charge in [-0.05, 0) is 23.8 Å². The Morgan fingerprint density at radius 3 is 2.71 bits per heavy atom. The van der Waals surface area contributed by atoms with Gasteiger partial charge < -0.3 is 4.99 Å². The average molecular weight is 299 g/mol. The summed E-state index contributed by atoms with van der Waals surface area (Å²) < 4.78 is 1.75. The van der Waals surface area contributed by atoms with Gasteiger partial charge in [-0.25, -0.2) is 0 Å². The largest absolute Gasteiger partial charge is 0.491 e. The fourth-order valence-corrected chi connectivity index (χ4v) is 1.69. The zero-order chi connectivity index (χ0) is 11.5. The summed E-state index contributed by atoms with van der Waals surface area (Å²) in [5.74, 6) is 0. The molecule has 0 fully saturated rings. The maximum Gasteiger partial charge on any atom is 0.145 e. The predicted octanol–water partition coefficient (Wildman–Crippen LogP) is 1.89. The monoisotopic (exact) mass is 299 g/mol. The summed E-state index contributed by atoms with van der Waals surface area (Å²) in [6.07, 6.45) is 1.56. The summed E-state index contributed by atoms with van der Waals surface area (Å²) in [6, 6.07) is 11.0. The maximum atomic E-state index is 5.36. The van der Waals surface area contributed by atoms with Crippen molar-refractivity contribution in [2.75, 3.05) is 0 Å². The normalized spacial score (nSPS) is 9.53. The molecule has 0 aliphatic heterocycles. The van der Waals surface area contributed by atoms with Crippen LogP contribution >= 0.6 is 0 Å². The van der Waals surface area contributed by atoms with Crippen LogP contribution in [0.1, 0.15) is 5.56 Å². The third kappa shape index (κ3) is 2.85. The topological polar surface area (TPSA) is 29.1 Å². The van der Waals surface area contributed by atoms with Gasteiger partial charge in [-0.15, -0.1) is 0 Å². The molecule has 17 heavy (non-hydrogen) atoms. The van der Waals surface area contributed by atoms with E-state index < -0.39 is 0 Å². The summed E-state index contributed by atoms with van der Waals surface area (Å²) in [6.45, 7) is 7.40. The standard InChI is InChI=1S/C13H12N3.Y/c1-10-6-4-5-7-11(10)13-12(14-2)8-9-15-16(13)3;/h2,4-7,9H,1,3H3;/q-1;. The number of rotatable bonds is 2. The minimum Gasteiger partial charge on any atom is -0.491 e. The molecule has 1 heterocycles. The van der Waals surface area contributed by atoms with E-state index in [1.807, 2.05) is 38.2 Å². The molecule has 0 saturated carbocycles. The molecule has 2 aromatic rings. The van der Waals surface area contributed by atoms with Crippen molar-refractivity contribution >= 4 is 12.4 Å². The van der Waals surface area contributed by atoms with E-state index in [0.717, 1.165) is 16.8 Å². The molecule has 83 valence electrons. The summed E-state index contributed by atoms with van der Waals surface area (Å²) >= 11 is 0. The van der Waals surface area contributed by atoms with Crippen molar-refractivity contribution in [2.24, 2.45) is 12.0 Å². The van der Waals surface area contributed by atoms with Crippen molar-refractivity contribution in [2.45, 2.75) is 6.92 Å². The molecule has 0 saturated heterocycles. The van der Waals surface area contributed by atoms with Crippen LogP contribution in [0.2, 0.25) is 0 Å². The molecule has 1 radical (unpaired) electrons. The number of aromatic nitrogens is 2. The fraction of sp³-hybridized carbons (Fsp3) is 0.154. The van der Waals surface area contributed by atoms with Crippen LogP contribution in [0.25, 0.3) is 11.3 Å². The quantitative estimate of drug-likeness (QED) is 0.473. The molecular formula is C13H12N3Y-. The number of hydrogen-bond acceptors (Lipinski definition) is 2. The fourth-order valence-electron chi connectivity index (χ4n) is 1.69. The van der Waals surface area contributed by atoms with Gasteiger partial charge in [0.2, 0.25) is 0 Å². The first-order valence-electron chi connectivity index (χ1n) is 4.98. The first kappa shape index (κ1) is 14.1. The molecule has 0 unspecified atom stereocenters. The molecule has 0 bridgehead atoms. The van der Waals surface area contributed by atoms with Gasteiger partial charge in [-0.1, -0.05) is 29.8 Å². The molecule has 0 aliphatic rings. The summed E-state index contributed by atoms with van der Waals surface area (Å²) in [5.41, 5.74) is 3.72. The van der Waals surface area contributed by atoms with E-state index in [0.29, 0.717) is 5.69 Å². The number of benzene rings is 1. The zero-order valence-corrected chi connectivity index (χ0v) is 12.7. The van der Waals surface area contributed by atoms with Crippen LogP contribution < -0.4 is 4.68 Å². The second kappa shape index (κ2) is 6.13. The van der Waals surface area contributed by atoms with Crippen LogP contribution in [-0.4, -0.2) is 11.8 Å². The molecular weight excluding hydrogens is 287 g/mol. The van der Waals surface area contributed by atoms with Gasteiger partial charge in [0.05, 0.1) is 0 Å². The second-order valence-corrected chi connectivity index (χ2v) is 3.55. The minimum absolute atomic E-state index is 0. The predicted molar refractivity (Wildman–Crippen MR) is 62.6 cm³/mol. The van der Waals surface area contributed by atoms with Crippen molar-refractivity contribution in [1.82, 2.24) is 5.10 Å². The second-order valence-electron chi connectivity index (χ2n) is 3.55. The van der Waals surface area contributed by atoms with E-state index in [2.05, 4.69) is 16.2 Å². The average Bonchev–Trinajstić information content (AvgIpc) is 2.30. The van der Waals surface area contributed by atoms with Crippen LogP contribution in [-0.2, 0) is 39.8 Å². The van der Waals surface area contributed by atoms with E-state index in [-0.39, 0.29) is 32.7 Å². The molecule has 0 N–H and O–H groups in total. The Balaban J connectivity index is 0.00000144. The molecule has 2 rings (SSSR count). The molecule has 0 atom stereocenters. The van der Waals surface area contributed by atoms with Crippen molar-refractivity contribution in [3.8, 4) is 11.3 Å². The Hall–Kier alpha value is -0.926. The van der Waals surface area contributed by atoms with Gasteiger partial charge in [0.25, 0.3) is 0 Å². The van der Waals surface area contributed by atoms with Gasteiger partial charge in [0.1, 0.15) is 7.05 Å². The van der Waals surface area contributed by atoms with Crippen LogP contribution in [0.4, 0.5) is 5.69 Å². The van der Waals surface area contributed by atoms with Crippen LogP contribution in [0.15, 0.2) is 35.5 Å². The number of aliphatic imine (C=N–C) groups is 1. The molecule has 3 nitrogen and oxygen atoms in total. The first-order valence-corrected chi connectivity index (χ1v) is 4.98. The SMILES string of the molecule is [CH-]=Nc1[c-]cn[n+](C)c1-c1ccccc1C.[Y]. The minimum atomic E-state index is 0. The third-order valence-corrected chi connectivity index (χ3v) is 2.51. The van der Waals surface area contributed by atoms with Crippen LogP contribution in [0.3, 0.4) is 0 Å². The summed E-state index contributed by atoms with van der Waals surface area (Å²) in [5, 5.41) is 4.15. The molecule has 0 spiro atoms. The van der Waals surface area contributed by atoms with Crippen LogP contribution in [0, 0.1) is 13.0 Å².